The van der Waals surface area contributed by atoms with Gasteiger partial charge in [-0.15, -0.1) is 0 Å². The standard InChI is InChI=1S/C16H13NO2/c1-10-7-8-12-5-3-4-6-13(12)15(10)17-14(18)9-11(2)16(17)19/h3-9H,1-2H3. The van der Waals surface area contributed by atoms with Gasteiger partial charge in [0.05, 0.1) is 5.69 Å². The second kappa shape index (κ2) is 4.05. The maximum atomic E-state index is 12.1. The van der Waals surface area contributed by atoms with E-state index in [4.69, 9.17) is 0 Å². The number of rotatable bonds is 1. The van der Waals surface area contributed by atoms with Crippen LogP contribution in [-0.4, -0.2) is 11.8 Å². The monoisotopic (exact) mass is 251 g/mol. The topological polar surface area (TPSA) is 37.4 Å². The van der Waals surface area contributed by atoms with Crippen molar-refractivity contribution in [3.63, 3.8) is 0 Å². The quantitative estimate of drug-likeness (QED) is 0.731. The van der Waals surface area contributed by atoms with Crippen LogP contribution in [0.1, 0.15) is 12.5 Å². The molecule has 0 atom stereocenters. The smallest absolute Gasteiger partial charge is 0.261 e. The lowest BCUT2D eigenvalue weighted by Gasteiger charge is -2.19. The third-order valence-electron chi connectivity index (χ3n) is 3.43. The summed E-state index contributed by atoms with van der Waals surface area (Å²) in [7, 11) is 0. The summed E-state index contributed by atoms with van der Waals surface area (Å²) < 4.78 is 0. The van der Waals surface area contributed by atoms with Crippen molar-refractivity contribution in [2.24, 2.45) is 0 Å². The lowest BCUT2D eigenvalue weighted by Crippen LogP contribution is -2.31. The molecule has 1 aliphatic heterocycles. The summed E-state index contributed by atoms with van der Waals surface area (Å²) in [4.78, 5) is 25.4. The van der Waals surface area contributed by atoms with E-state index in [1.165, 1.54) is 11.0 Å². The minimum absolute atomic E-state index is 0.232. The highest BCUT2D eigenvalue weighted by Crippen LogP contribution is 2.33. The van der Waals surface area contributed by atoms with Crippen molar-refractivity contribution < 1.29 is 9.59 Å². The van der Waals surface area contributed by atoms with Crippen molar-refractivity contribution in [3.8, 4) is 0 Å². The van der Waals surface area contributed by atoms with E-state index in [9.17, 15) is 9.59 Å². The summed E-state index contributed by atoms with van der Waals surface area (Å²) in [6.07, 6.45) is 1.39. The lowest BCUT2D eigenvalue weighted by atomic mass is 10.0. The van der Waals surface area contributed by atoms with E-state index in [0.717, 1.165) is 16.3 Å². The molecule has 0 unspecified atom stereocenters. The Morgan fingerprint density at radius 3 is 2.37 bits per heavy atom. The van der Waals surface area contributed by atoms with Gasteiger partial charge >= 0.3 is 0 Å². The third kappa shape index (κ3) is 1.66. The summed E-state index contributed by atoms with van der Waals surface area (Å²) >= 11 is 0. The first-order valence-electron chi connectivity index (χ1n) is 6.14. The average molecular weight is 251 g/mol. The Hall–Kier alpha value is -2.42. The summed E-state index contributed by atoms with van der Waals surface area (Å²) in [5.41, 5.74) is 2.10. The third-order valence-corrected chi connectivity index (χ3v) is 3.43. The molecule has 3 nitrogen and oxygen atoms in total. The molecule has 0 radical (unpaired) electrons. The molecule has 3 rings (SSSR count). The molecule has 2 amide bonds. The van der Waals surface area contributed by atoms with Crippen LogP contribution >= 0.6 is 0 Å². The lowest BCUT2D eigenvalue weighted by molar-refractivity contribution is -0.120. The van der Waals surface area contributed by atoms with Gasteiger partial charge in [-0.05, 0) is 24.8 Å². The van der Waals surface area contributed by atoms with Crippen LogP contribution in [0.25, 0.3) is 10.8 Å². The zero-order chi connectivity index (χ0) is 13.6. The minimum Gasteiger partial charge on any atom is -0.269 e. The summed E-state index contributed by atoms with van der Waals surface area (Å²) in [5.74, 6) is -0.494. The fourth-order valence-electron chi connectivity index (χ4n) is 2.46. The number of nitrogens with zero attached hydrogens (tertiary/aromatic N) is 1. The molecule has 2 aromatic carbocycles. The maximum Gasteiger partial charge on any atom is 0.261 e. The van der Waals surface area contributed by atoms with Gasteiger partial charge in [-0.1, -0.05) is 36.4 Å². The molecule has 0 aliphatic carbocycles. The van der Waals surface area contributed by atoms with E-state index in [0.29, 0.717) is 11.3 Å². The fraction of sp³-hybridized carbons (Fsp3) is 0.125. The van der Waals surface area contributed by atoms with Crippen LogP contribution in [-0.2, 0) is 9.59 Å². The minimum atomic E-state index is -0.262. The van der Waals surface area contributed by atoms with Gasteiger partial charge in [-0.25, -0.2) is 4.90 Å². The van der Waals surface area contributed by atoms with Gasteiger partial charge < -0.3 is 0 Å². The van der Waals surface area contributed by atoms with Gasteiger partial charge in [0.1, 0.15) is 0 Å². The first kappa shape index (κ1) is 11.7. The van der Waals surface area contributed by atoms with Crippen molar-refractivity contribution in [1.82, 2.24) is 0 Å². The second-order valence-corrected chi connectivity index (χ2v) is 4.76. The van der Waals surface area contributed by atoms with Crippen molar-refractivity contribution >= 4 is 28.3 Å². The van der Waals surface area contributed by atoms with Gasteiger partial charge in [-0.3, -0.25) is 9.59 Å². The van der Waals surface area contributed by atoms with Crippen LogP contribution in [0, 0.1) is 6.92 Å². The van der Waals surface area contributed by atoms with E-state index >= 15 is 0 Å². The molecular formula is C16H13NO2. The van der Waals surface area contributed by atoms with Gasteiger partial charge in [0.15, 0.2) is 0 Å². The fourth-order valence-corrected chi connectivity index (χ4v) is 2.46. The van der Waals surface area contributed by atoms with E-state index in [1.807, 2.05) is 43.3 Å². The largest absolute Gasteiger partial charge is 0.269 e. The van der Waals surface area contributed by atoms with E-state index in [2.05, 4.69) is 0 Å². The first-order chi connectivity index (χ1) is 9.09. The molecule has 2 aromatic rings. The van der Waals surface area contributed by atoms with Crippen LogP contribution in [0.3, 0.4) is 0 Å². The molecule has 0 N–H and O–H groups in total. The van der Waals surface area contributed by atoms with E-state index in [1.54, 1.807) is 6.92 Å². The number of carbonyl (C=O) groups is 2. The van der Waals surface area contributed by atoms with Crippen molar-refractivity contribution in [1.29, 1.82) is 0 Å². The van der Waals surface area contributed by atoms with Gasteiger partial charge in [-0.2, -0.15) is 0 Å². The normalized spacial score (nSPS) is 15.3. The molecule has 19 heavy (non-hydrogen) atoms. The van der Waals surface area contributed by atoms with Gasteiger partial charge in [0.25, 0.3) is 11.8 Å². The Balaban J connectivity index is 2.29. The Morgan fingerprint density at radius 1 is 0.947 bits per heavy atom. The van der Waals surface area contributed by atoms with Crippen LogP contribution in [0.2, 0.25) is 0 Å². The molecular weight excluding hydrogens is 238 g/mol. The Morgan fingerprint density at radius 2 is 1.68 bits per heavy atom. The zero-order valence-corrected chi connectivity index (χ0v) is 10.8. The summed E-state index contributed by atoms with van der Waals surface area (Å²) in [6.45, 7) is 3.58. The summed E-state index contributed by atoms with van der Waals surface area (Å²) in [5, 5.41) is 1.94. The highest BCUT2D eigenvalue weighted by atomic mass is 16.2. The second-order valence-electron chi connectivity index (χ2n) is 4.76. The highest BCUT2D eigenvalue weighted by Gasteiger charge is 2.31. The Kier molecular flexibility index (Phi) is 2.49. The number of hydrogen-bond donors (Lipinski definition) is 0. The van der Waals surface area contributed by atoms with E-state index < -0.39 is 0 Å². The van der Waals surface area contributed by atoms with Crippen LogP contribution < -0.4 is 4.90 Å². The van der Waals surface area contributed by atoms with Crippen LogP contribution in [0.15, 0.2) is 48.0 Å². The number of hydrogen-bond acceptors (Lipinski definition) is 2. The SMILES string of the molecule is CC1=CC(=O)N(c2c(C)ccc3ccccc23)C1=O. The predicted molar refractivity (Wildman–Crippen MR) is 74.9 cm³/mol. The molecule has 3 heteroatoms. The maximum absolute atomic E-state index is 12.1. The summed E-state index contributed by atoms with van der Waals surface area (Å²) in [6, 6.07) is 11.7. The van der Waals surface area contributed by atoms with E-state index in [-0.39, 0.29) is 11.8 Å². The number of aryl methyl sites for hydroxylation is 1. The number of benzene rings is 2. The highest BCUT2D eigenvalue weighted by molar-refractivity contribution is 6.32. The molecule has 0 aromatic heterocycles. The number of amides is 2. The van der Waals surface area contributed by atoms with Crippen molar-refractivity contribution in [3.05, 3.63) is 53.6 Å². The number of fused-ring (bicyclic) bond motifs is 1. The average Bonchev–Trinajstić information content (AvgIpc) is 2.64. The van der Waals surface area contributed by atoms with Crippen molar-refractivity contribution in [2.45, 2.75) is 13.8 Å². The van der Waals surface area contributed by atoms with Crippen LogP contribution in [0.5, 0.6) is 0 Å². The number of anilines is 1. The first-order valence-corrected chi connectivity index (χ1v) is 6.14. The molecule has 1 aliphatic rings. The van der Waals surface area contributed by atoms with Crippen LogP contribution in [0.4, 0.5) is 5.69 Å². The predicted octanol–water partition coefficient (Wildman–Crippen LogP) is 2.97. The molecule has 0 saturated carbocycles. The molecule has 0 saturated heterocycles. The van der Waals surface area contributed by atoms with Crippen molar-refractivity contribution in [2.75, 3.05) is 4.90 Å². The number of carbonyl (C=O) groups excluding carboxylic acids is 2. The number of imide groups is 1. The Bertz CT molecular complexity index is 743. The van der Waals surface area contributed by atoms with Gasteiger partial charge in [0.2, 0.25) is 0 Å². The van der Waals surface area contributed by atoms with Gasteiger partial charge in [0, 0.05) is 17.0 Å². The Labute approximate surface area is 111 Å². The molecule has 94 valence electrons. The molecule has 0 fully saturated rings. The molecule has 0 spiro atoms. The zero-order valence-electron chi connectivity index (χ0n) is 10.8. The molecule has 0 bridgehead atoms. The molecule has 1 heterocycles.